The van der Waals surface area contributed by atoms with Gasteiger partial charge >= 0.3 is 6.18 Å². The van der Waals surface area contributed by atoms with E-state index in [9.17, 15) is 17.6 Å². The van der Waals surface area contributed by atoms with Gasteiger partial charge in [-0.25, -0.2) is 4.39 Å². The Morgan fingerprint density at radius 1 is 0.903 bits per heavy atom. The minimum absolute atomic E-state index is 0.0831. The van der Waals surface area contributed by atoms with Gasteiger partial charge in [0.25, 0.3) is 0 Å². The third kappa shape index (κ3) is 5.09. The molecule has 31 heavy (non-hydrogen) atoms. The van der Waals surface area contributed by atoms with Gasteiger partial charge in [-0.1, -0.05) is 30.3 Å². The van der Waals surface area contributed by atoms with Crippen LogP contribution in [0.15, 0.2) is 79.3 Å². The Morgan fingerprint density at radius 3 is 2.32 bits per heavy atom. The van der Waals surface area contributed by atoms with E-state index in [1.165, 1.54) is 30.7 Å². The molecule has 8 heteroatoms. The summed E-state index contributed by atoms with van der Waals surface area (Å²) >= 11 is 0. The molecular weight excluding hydrogens is 410 g/mol. The molecule has 0 N–H and O–H groups in total. The first-order chi connectivity index (χ1) is 14.9. The van der Waals surface area contributed by atoms with E-state index >= 15 is 0 Å². The first-order valence-corrected chi connectivity index (χ1v) is 9.40. The van der Waals surface area contributed by atoms with Gasteiger partial charge in [0.2, 0.25) is 0 Å². The monoisotopic (exact) mass is 427 g/mol. The molecule has 158 valence electrons. The SMILES string of the molecule is Fc1cc(OCc2ccccc2)ccc1-c1nn(CC(F)(F)F)cc1-c1ccncc1. The summed E-state index contributed by atoms with van der Waals surface area (Å²) in [4.78, 5) is 3.92. The molecule has 2 heterocycles. The number of nitrogens with zero attached hydrogens (tertiary/aromatic N) is 3. The van der Waals surface area contributed by atoms with Gasteiger partial charge in [0.1, 0.15) is 30.4 Å². The van der Waals surface area contributed by atoms with Crippen LogP contribution in [0.4, 0.5) is 17.6 Å². The molecule has 0 saturated heterocycles. The van der Waals surface area contributed by atoms with E-state index in [2.05, 4.69) is 10.1 Å². The lowest BCUT2D eigenvalue weighted by molar-refractivity contribution is -0.142. The first kappa shape index (κ1) is 20.6. The zero-order valence-corrected chi connectivity index (χ0v) is 16.2. The average molecular weight is 427 g/mol. The molecule has 2 aromatic carbocycles. The highest BCUT2D eigenvalue weighted by Gasteiger charge is 2.29. The van der Waals surface area contributed by atoms with Crippen molar-refractivity contribution in [3.63, 3.8) is 0 Å². The van der Waals surface area contributed by atoms with Crippen LogP contribution in [0.5, 0.6) is 5.75 Å². The molecule has 0 fully saturated rings. The molecule has 0 aliphatic carbocycles. The van der Waals surface area contributed by atoms with Crippen molar-refractivity contribution < 1.29 is 22.3 Å². The van der Waals surface area contributed by atoms with E-state index in [-0.39, 0.29) is 17.9 Å². The molecule has 0 aliphatic rings. The van der Waals surface area contributed by atoms with E-state index in [4.69, 9.17) is 4.74 Å². The highest BCUT2D eigenvalue weighted by molar-refractivity contribution is 5.80. The van der Waals surface area contributed by atoms with Gasteiger partial charge in [-0.3, -0.25) is 9.67 Å². The highest BCUT2D eigenvalue weighted by Crippen LogP contribution is 2.34. The quantitative estimate of drug-likeness (QED) is 0.360. The van der Waals surface area contributed by atoms with Crippen LogP contribution in [0.2, 0.25) is 0 Å². The average Bonchev–Trinajstić information content (AvgIpc) is 3.15. The standard InChI is InChI=1S/C23H17F4N3O/c24-21-12-18(31-14-16-4-2-1-3-5-16)6-7-19(21)22-20(17-8-10-28-11-9-17)13-30(29-22)15-23(25,26)27/h1-13H,14-15H2. The number of hydrogen-bond donors (Lipinski definition) is 0. The fourth-order valence-electron chi connectivity index (χ4n) is 3.15. The van der Waals surface area contributed by atoms with Crippen molar-refractivity contribution in [2.24, 2.45) is 0 Å². The van der Waals surface area contributed by atoms with Gasteiger partial charge in [0.15, 0.2) is 0 Å². The molecule has 0 saturated carbocycles. The largest absolute Gasteiger partial charge is 0.489 e. The molecule has 2 aromatic heterocycles. The number of hydrogen-bond acceptors (Lipinski definition) is 3. The summed E-state index contributed by atoms with van der Waals surface area (Å²) in [5.74, 6) is -0.330. The summed E-state index contributed by atoms with van der Waals surface area (Å²) in [5.41, 5.74) is 2.09. The van der Waals surface area contributed by atoms with Crippen molar-refractivity contribution in [2.75, 3.05) is 0 Å². The van der Waals surface area contributed by atoms with Crippen LogP contribution < -0.4 is 4.74 Å². The Hall–Kier alpha value is -3.68. The van der Waals surface area contributed by atoms with Crippen LogP contribution in [0.1, 0.15) is 5.56 Å². The van der Waals surface area contributed by atoms with E-state index in [0.29, 0.717) is 16.9 Å². The lowest BCUT2D eigenvalue weighted by Crippen LogP contribution is -2.17. The van der Waals surface area contributed by atoms with Gasteiger partial charge < -0.3 is 4.74 Å². The number of aromatic nitrogens is 3. The summed E-state index contributed by atoms with van der Waals surface area (Å²) in [6, 6.07) is 16.9. The minimum Gasteiger partial charge on any atom is -0.489 e. The summed E-state index contributed by atoms with van der Waals surface area (Å²) in [5, 5.41) is 4.02. The van der Waals surface area contributed by atoms with Crippen molar-refractivity contribution in [1.82, 2.24) is 14.8 Å². The second-order valence-electron chi connectivity index (χ2n) is 6.86. The van der Waals surface area contributed by atoms with Gasteiger partial charge in [-0.2, -0.15) is 18.3 Å². The van der Waals surface area contributed by atoms with E-state index in [1.54, 1.807) is 18.2 Å². The number of rotatable bonds is 6. The Bertz CT molecular complexity index is 1160. The summed E-state index contributed by atoms with van der Waals surface area (Å²) in [6.07, 6.45) is -0.169. The summed E-state index contributed by atoms with van der Waals surface area (Å²) < 4.78 is 60.0. The fraction of sp³-hybridized carbons (Fsp3) is 0.130. The topological polar surface area (TPSA) is 39.9 Å². The first-order valence-electron chi connectivity index (χ1n) is 9.40. The zero-order valence-electron chi connectivity index (χ0n) is 16.2. The fourth-order valence-corrected chi connectivity index (χ4v) is 3.15. The van der Waals surface area contributed by atoms with E-state index in [1.807, 2.05) is 30.3 Å². The minimum atomic E-state index is -4.45. The molecule has 0 atom stereocenters. The lowest BCUT2D eigenvalue weighted by Gasteiger charge is -2.09. The second-order valence-corrected chi connectivity index (χ2v) is 6.86. The Balaban J connectivity index is 1.66. The Morgan fingerprint density at radius 2 is 1.65 bits per heavy atom. The van der Waals surface area contributed by atoms with Crippen LogP contribution >= 0.6 is 0 Å². The maximum Gasteiger partial charge on any atom is 0.408 e. The van der Waals surface area contributed by atoms with Gasteiger partial charge in [-0.05, 0) is 35.4 Å². The molecule has 4 rings (SSSR count). The van der Waals surface area contributed by atoms with Crippen molar-refractivity contribution in [1.29, 1.82) is 0 Å². The third-order valence-corrected chi connectivity index (χ3v) is 4.54. The number of pyridine rings is 1. The van der Waals surface area contributed by atoms with Crippen LogP contribution in [0.3, 0.4) is 0 Å². The smallest absolute Gasteiger partial charge is 0.408 e. The van der Waals surface area contributed by atoms with E-state index < -0.39 is 18.5 Å². The maximum atomic E-state index is 14.9. The molecule has 0 amide bonds. The normalized spacial score (nSPS) is 11.5. The molecule has 0 radical (unpaired) electrons. The molecule has 4 nitrogen and oxygen atoms in total. The molecule has 0 aliphatic heterocycles. The zero-order chi connectivity index (χ0) is 21.8. The molecule has 4 aromatic rings. The Kier molecular flexibility index (Phi) is 5.70. The van der Waals surface area contributed by atoms with Crippen LogP contribution in [0.25, 0.3) is 22.4 Å². The maximum absolute atomic E-state index is 14.9. The number of halogens is 4. The number of ether oxygens (including phenoxy) is 1. The van der Waals surface area contributed by atoms with Gasteiger partial charge in [-0.15, -0.1) is 0 Å². The van der Waals surface area contributed by atoms with Crippen molar-refractivity contribution >= 4 is 0 Å². The number of alkyl halides is 3. The van der Waals surface area contributed by atoms with Gasteiger partial charge in [0.05, 0.1) is 0 Å². The van der Waals surface area contributed by atoms with Crippen molar-refractivity contribution in [3.05, 3.63) is 90.6 Å². The lowest BCUT2D eigenvalue weighted by atomic mass is 10.0. The third-order valence-electron chi connectivity index (χ3n) is 4.54. The predicted octanol–water partition coefficient (Wildman–Crippen LogP) is 5.89. The highest BCUT2D eigenvalue weighted by atomic mass is 19.4. The molecule has 0 unspecified atom stereocenters. The molecular formula is C23H17F4N3O. The van der Waals surface area contributed by atoms with Gasteiger partial charge in [0, 0.05) is 35.8 Å². The summed E-state index contributed by atoms with van der Waals surface area (Å²) in [6.45, 7) is -1.01. The second kappa shape index (κ2) is 8.59. The Labute approximate surface area is 175 Å². The van der Waals surface area contributed by atoms with Crippen LogP contribution in [0, 0.1) is 5.82 Å². The molecule has 0 spiro atoms. The molecule has 0 bridgehead atoms. The van der Waals surface area contributed by atoms with Crippen molar-refractivity contribution in [2.45, 2.75) is 19.3 Å². The predicted molar refractivity (Wildman–Crippen MR) is 108 cm³/mol. The number of benzene rings is 2. The van der Waals surface area contributed by atoms with Crippen LogP contribution in [-0.4, -0.2) is 20.9 Å². The van der Waals surface area contributed by atoms with E-state index in [0.717, 1.165) is 10.2 Å². The van der Waals surface area contributed by atoms with Crippen molar-refractivity contribution in [3.8, 4) is 28.1 Å². The summed E-state index contributed by atoms with van der Waals surface area (Å²) in [7, 11) is 0. The van der Waals surface area contributed by atoms with Crippen LogP contribution in [-0.2, 0) is 13.2 Å².